The minimum absolute atomic E-state index is 0.0568. The fraction of sp³-hybridized carbons (Fsp3) is 0.389. The summed E-state index contributed by atoms with van der Waals surface area (Å²) in [6, 6.07) is 7.35. The first-order valence-corrected chi connectivity index (χ1v) is 8.06. The maximum atomic E-state index is 12.6. The van der Waals surface area contributed by atoms with Gasteiger partial charge in [0.15, 0.2) is 5.78 Å². The van der Waals surface area contributed by atoms with Crippen molar-refractivity contribution in [2.45, 2.75) is 32.1 Å². The van der Waals surface area contributed by atoms with Crippen LogP contribution in [0, 0.1) is 5.92 Å². The van der Waals surface area contributed by atoms with E-state index in [0.29, 0.717) is 22.7 Å². The minimum Gasteiger partial charge on any atom is -0.468 e. The monoisotopic (exact) mass is 331 g/mol. The van der Waals surface area contributed by atoms with Gasteiger partial charge in [0.05, 0.1) is 7.11 Å². The van der Waals surface area contributed by atoms with Gasteiger partial charge in [-0.1, -0.05) is 29.8 Å². The fourth-order valence-corrected chi connectivity index (χ4v) is 3.76. The molecule has 1 aliphatic carbocycles. The number of benzene rings is 1. The standard InChI is InChI=1S/C18H18ClNO3/c1-10-15(18(22)23-2)16(11-6-3-4-7-12(11)19)17-13(20-10)8-5-9-14(17)21/h3-4,6-7,15-16H,5,8-9H2,1-2H3/t15?,16-/m1/s1. The third-order valence-electron chi connectivity index (χ3n) is 4.53. The van der Waals surface area contributed by atoms with Crippen LogP contribution in [0.2, 0.25) is 5.02 Å². The normalized spacial score (nSPS) is 24.1. The summed E-state index contributed by atoms with van der Waals surface area (Å²) in [7, 11) is 1.35. The highest BCUT2D eigenvalue weighted by Crippen LogP contribution is 2.45. The van der Waals surface area contributed by atoms with Gasteiger partial charge in [-0.3, -0.25) is 14.6 Å². The molecule has 1 aliphatic heterocycles. The first-order chi connectivity index (χ1) is 11.0. The Kier molecular flexibility index (Phi) is 4.35. The van der Waals surface area contributed by atoms with Gasteiger partial charge in [-0.2, -0.15) is 0 Å². The van der Waals surface area contributed by atoms with E-state index in [1.165, 1.54) is 7.11 Å². The molecule has 2 atom stereocenters. The number of methoxy groups -OCH3 is 1. The summed E-state index contributed by atoms with van der Waals surface area (Å²) < 4.78 is 4.97. The molecular formula is C18H18ClNO3. The number of carbonyl (C=O) groups is 2. The van der Waals surface area contributed by atoms with Gasteiger partial charge in [-0.25, -0.2) is 0 Å². The van der Waals surface area contributed by atoms with Crippen LogP contribution < -0.4 is 0 Å². The molecule has 0 bridgehead atoms. The van der Waals surface area contributed by atoms with Crippen molar-refractivity contribution in [3.8, 4) is 0 Å². The third-order valence-corrected chi connectivity index (χ3v) is 4.87. The quantitative estimate of drug-likeness (QED) is 0.776. The van der Waals surface area contributed by atoms with Crippen LogP contribution in [0.15, 0.2) is 40.5 Å². The smallest absolute Gasteiger partial charge is 0.315 e. The van der Waals surface area contributed by atoms with Crippen molar-refractivity contribution in [3.63, 3.8) is 0 Å². The maximum Gasteiger partial charge on any atom is 0.315 e. The number of aliphatic imine (C=N–C) groups is 1. The zero-order valence-electron chi connectivity index (χ0n) is 13.1. The van der Waals surface area contributed by atoms with Gasteiger partial charge in [0.1, 0.15) is 5.92 Å². The van der Waals surface area contributed by atoms with Crippen LogP contribution >= 0.6 is 11.6 Å². The number of hydrogen-bond donors (Lipinski definition) is 0. The summed E-state index contributed by atoms with van der Waals surface area (Å²) in [6.45, 7) is 1.81. The maximum absolute atomic E-state index is 12.6. The molecule has 1 aromatic rings. The molecule has 0 aromatic heterocycles. The third kappa shape index (κ3) is 2.72. The van der Waals surface area contributed by atoms with E-state index in [4.69, 9.17) is 16.3 Å². The van der Waals surface area contributed by atoms with E-state index in [1.54, 1.807) is 6.07 Å². The van der Waals surface area contributed by atoms with Crippen LogP contribution in [0.5, 0.6) is 0 Å². The van der Waals surface area contributed by atoms with Gasteiger partial charge in [-0.15, -0.1) is 0 Å². The van der Waals surface area contributed by atoms with Crippen molar-refractivity contribution in [2.75, 3.05) is 7.11 Å². The van der Waals surface area contributed by atoms with Gasteiger partial charge in [0.2, 0.25) is 0 Å². The molecule has 1 heterocycles. The highest BCUT2D eigenvalue weighted by Gasteiger charge is 2.43. The molecule has 5 heteroatoms. The largest absolute Gasteiger partial charge is 0.468 e. The van der Waals surface area contributed by atoms with Gasteiger partial charge < -0.3 is 4.74 Å². The summed E-state index contributed by atoms with van der Waals surface area (Å²) in [4.78, 5) is 29.5. The molecule has 120 valence electrons. The van der Waals surface area contributed by atoms with Crippen molar-refractivity contribution in [3.05, 3.63) is 46.1 Å². The lowest BCUT2D eigenvalue weighted by Gasteiger charge is -2.34. The van der Waals surface area contributed by atoms with Gasteiger partial charge in [-0.05, 0) is 31.4 Å². The molecule has 0 fully saturated rings. The number of nitrogens with zero attached hydrogens (tertiary/aromatic N) is 1. The van der Waals surface area contributed by atoms with E-state index in [-0.39, 0.29) is 11.8 Å². The lowest BCUT2D eigenvalue weighted by Crippen LogP contribution is -2.37. The zero-order chi connectivity index (χ0) is 16.6. The van der Waals surface area contributed by atoms with Crippen molar-refractivity contribution in [1.29, 1.82) is 0 Å². The van der Waals surface area contributed by atoms with Gasteiger partial charge in [0, 0.05) is 34.3 Å². The van der Waals surface area contributed by atoms with Crippen LogP contribution in [0.25, 0.3) is 0 Å². The molecule has 0 saturated heterocycles. The first-order valence-electron chi connectivity index (χ1n) is 7.68. The second kappa shape index (κ2) is 6.28. The number of hydrogen-bond acceptors (Lipinski definition) is 4. The van der Waals surface area contributed by atoms with Gasteiger partial charge >= 0.3 is 5.97 Å². The van der Waals surface area contributed by atoms with Crippen molar-refractivity contribution >= 4 is 29.1 Å². The summed E-state index contributed by atoms with van der Waals surface area (Å²) in [5.41, 5.74) is 2.88. The number of allylic oxidation sites excluding steroid dienone is 2. The number of ether oxygens (including phenoxy) is 1. The van der Waals surface area contributed by atoms with E-state index in [9.17, 15) is 9.59 Å². The van der Waals surface area contributed by atoms with Crippen molar-refractivity contribution in [1.82, 2.24) is 0 Å². The molecule has 0 saturated carbocycles. The Morgan fingerprint density at radius 1 is 1.30 bits per heavy atom. The minimum atomic E-state index is -0.610. The average molecular weight is 332 g/mol. The average Bonchev–Trinajstić information content (AvgIpc) is 2.54. The highest BCUT2D eigenvalue weighted by atomic mass is 35.5. The topological polar surface area (TPSA) is 55.7 Å². The Bertz CT molecular complexity index is 736. The first kappa shape index (κ1) is 15.9. The number of esters is 1. The van der Waals surface area contributed by atoms with Crippen molar-refractivity contribution in [2.24, 2.45) is 10.9 Å². The van der Waals surface area contributed by atoms with Crippen LogP contribution in [0.1, 0.15) is 37.7 Å². The summed E-state index contributed by atoms with van der Waals surface area (Å²) >= 11 is 6.37. The van der Waals surface area contributed by atoms with Gasteiger partial charge in [0.25, 0.3) is 0 Å². The molecular weight excluding hydrogens is 314 g/mol. The predicted octanol–water partition coefficient (Wildman–Crippen LogP) is 3.69. The second-order valence-electron chi connectivity index (χ2n) is 5.89. The zero-order valence-corrected chi connectivity index (χ0v) is 13.9. The lowest BCUT2D eigenvalue weighted by atomic mass is 9.72. The summed E-state index contributed by atoms with van der Waals surface area (Å²) in [5, 5.41) is 0.548. The molecule has 1 unspecified atom stereocenters. The SMILES string of the molecule is COC(=O)C1C(C)=NC2=C(C(=O)CCC2)[C@@H]1c1ccccc1Cl. The van der Waals surface area contributed by atoms with Crippen molar-refractivity contribution < 1.29 is 14.3 Å². The lowest BCUT2D eigenvalue weighted by molar-refractivity contribution is -0.143. The Hall–Kier alpha value is -1.94. The Morgan fingerprint density at radius 3 is 2.74 bits per heavy atom. The molecule has 4 nitrogen and oxygen atoms in total. The summed E-state index contributed by atoms with van der Waals surface area (Å²) in [5.74, 6) is -1.36. The second-order valence-corrected chi connectivity index (χ2v) is 6.30. The Morgan fingerprint density at radius 2 is 2.04 bits per heavy atom. The van der Waals surface area contributed by atoms with E-state index >= 15 is 0 Å². The fourth-order valence-electron chi connectivity index (χ4n) is 3.50. The number of Topliss-reactive ketones (excluding diaryl/α,β-unsaturated/α-hetero) is 1. The number of halogens is 1. The Balaban J connectivity index is 2.22. The van der Waals surface area contributed by atoms with Crippen LogP contribution in [-0.4, -0.2) is 24.6 Å². The number of rotatable bonds is 2. The van der Waals surface area contributed by atoms with E-state index in [0.717, 1.165) is 24.1 Å². The van der Waals surface area contributed by atoms with Crippen LogP contribution in [0.4, 0.5) is 0 Å². The van der Waals surface area contributed by atoms with Crippen LogP contribution in [-0.2, 0) is 14.3 Å². The van der Waals surface area contributed by atoms with Crippen LogP contribution in [0.3, 0.4) is 0 Å². The Labute approximate surface area is 140 Å². The molecule has 23 heavy (non-hydrogen) atoms. The molecule has 0 spiro atoms. The molecule has 3 rings (SSSR count). The number of carbonyl (C=O) groups excluding carboxylic acids is 2. The number of ketones is 1. The molecule has 2 aliphatic rings. The molecule has 1 aromatic carbocycles. The van der Waals surface area contributed by atoms with E-state index in [2.05, 4.69) is 4.99 Å². The van der Waals surface area contributed by atoms with E-state index in [1.807, 2.05) is 25.1 Å². The summed E-state index contributed by atoms with van der Waals surface area (Å²) in [6.07, 6.45) is 2.04. The molecule has 0 amide bonds. The predicted molar refractivity (Wildman–Crippen MR) is 88.7 cm³/mol. The molecule has 0 radical (unpaired) electrons. The highest BCUT2D eigenvalue weighted by molar-refractivity contribution is 6.31. The van der Waals surface area contributed by atoms with E-state index < -0.39 is 11.8 Å². The molecule has 0 N–H and O–H groups in total.